The second kappa shape index (κ2) is 6.44. The minimum atomic E-state index is 0.353. The highest BCUT2D eigenvalue weighted by atomic mass is 79.9. The lowest BCUT2D eigenvalue weighted by molar-refractivity contribution is -0.127. The Bertz CT molecular complexity index is 184. The standard InChI is InChI=1S/C11H20BrNO/c1-2-3-4-5-6-13-9-10(8-12)7-11(13)14/h10H,2-9H2,1H3. The van der Waals surface area contributed by atoms with Crippen LogP contribution in [-0.2, 0) is 4.79 Å². The van der Waals surface area contributed by atoms with Gasteiger partial charge in [-0.15, -0.1) is 0 Å². The van der Waals surface area contributed by atoms with Crippen molar-refractivity contribution in [2.75, 3.05) is 18.4 Å². The first kappa shape index (κ1) is 12.0. The van der Waals surface area contributed by atoms with Crippen LogP contribution in [0.3, 0.4) is 0 Å². The highest BCUT2D eigenvalue weighted by Crippen LogP contribution is 2.19. The van der Waals surface area contributed by atoms with E-state index in [1.54, 1.807) is 0 Å². The van der Waals surface area contributed by atoms with Gasteiger partial charge in [0.2, 0.25) is 5.91 Å². The molecule has 0 aromatic heterocycles. The van der Waals surface area contributed by atoms with Gasteiger partial charge in [-0.1, -0.05) is 42.1 Å². The third kappa shape index (κ3) is 3.60. The second-order valence-electron chi connectivity index (χ2n) is 4.12. The average molecular weight is 262 g/mol. The average Bonchev–Trinajstić information content (AvgIpc) is 2.54. The van der Waals surface area contributed by atoms with E-state index in [-0.39, 0.29) is 0 Å². The summed E-state index contributed by atoms with van der Waals surface area (Å²) in [6.07, 6.45) is 5.74. The number of nitrogens with zero attached hydrogens (tertiary/aromatic N) is 1. The maximum Gasteiger partial charge on any atom is 0.222 e. The molecule has 1 heterocycles. The molecule has 1 saturated heterocycles. The lowest BCUT2D eigenvalue weighted by atomic mass is 10.2. The molecule has 1 aliphatic rings. The lowest BCUT2D eigenvalue weighted by Crippen LogP contribution is -2.26. The Kier molecular flexibility index (Phi) is 5.53. The van der Waals surface area contributed by atoms with E-state index < -0.39 is 0 Å². The van der Waals surface area contributed by atoms with Crippen LogP contribution in [0, 0.1) is 5.92 Å². The molecule has 0 radical (unpaired) electrons. The Labute approximate surface area is 95.2 Å². The molecular formula is C11H20BrNO. The number of unbranched alkanes of at least 4 members (excludes halogenated alkanes) is 3. The molecule has 1 aliphatic heterocycles. The van der Waals surface area contributed by atoms with Gasteiger partial charge in [0.05, 0.1) is 0 Å². The summed E-state index contributed by atoms with van der Waals surface area (Å²) in [4.78, 5) is 13.5. The summed E-state index contributed by atoms with van der Waals surface area (Å²) in [7, 11) is 0. The van der Waals surface area contributed by atoms with Crippen molar-refractivity contribution in [3.8, 4) is 0 Å². The molecule has 0 spiro atoms. The molecule has 2 nitrogen and oxygen atoms in total. The van der Waals surface area contributed by atoms with E-state index in [1.165, 1.54) is 25.7 Å². The summed E-state index contributed by atoms with van der Waals surface area (Å²) < 4.78 is 0. The molecule has 0 aromatic rings. The smallest absolute Gasteiger partial charge is 0.222 e. The zero-order valence-corrected chi connectivity index (χ0v) is 10.6. The molecular weight excluding hydrogens is 242 g/mol. The molecule has 1 amide bonds. The number of carbonyl (C=O) groups is 1. The van der Waals surface area contributed by atoms with Crippen molar-refractivity contribution in [1.82, 2.24) is 4.90 Å². The third-order valence-corrected chi connectivity index (χ3v) is 3.71. The predicted octanol–water partition coefficient (Wildman–Crippen LogP) is 2.81. The first-order valence-corrected chi connectivity index (χ1v) is 6.73. The highest BCUT2D eigenvalue weighted by Gasteiger charge is 2.27. The minimum absolute atomic E-state index is 0.353. The Morgan fingerprint density at radius 1 is 1.43 bits per heavy atom. The normalized spacial score (nSPS) is 22.0. The number of carbonyl (C=O) groups excluding carboxylic acids is 1. The number of likely N-dealkylation sites (tertiary alicyclic amines) is 1. The Hall–Kier alpha value is -0.0500. The number of amides is 1. The molecule has 1 atom stereocenters. The topological polar surface area (TPSA) is 20.3 Å². The Balaban J connectivity index is 2.15. The van der Waals surface area contributed by atoms with Gasteiger partial charge in [-0.2, -0.15) is 0 Å². The van der Waals surface area contributed by atoms with E-state index in [4.69, 9.17) is 0 Å². The summed E-state index contributed by atoms with van der Waals surface area (Å²) >= 11 is 3.45. The number of halogens is 1. The van der Waals surface area contributed by atoms with E-state index in [0.717, 1.165) is 24.8 Å². The Morgan fingerprint density at radius 3 is 2.79 bits per heavy atom. The van der Waals surface area contributed by atoms with Crippen LogP contribution >= 0.6 is 15.9 Å². The number of hydrogen-bond donors (Lipinski definition) is 0. The van der Waals surface area contributed by atoms with Gasteiger partial charge in [-0.05, 0) is 12.3 Å². The molecule has 0 N–H and O–H groups in total. The van der Waals surface area contributed by atoms with E-state index in [1.807, 2.05) is 4.90 Å². The molecule has 82 valence electrons. The van der Waals surface area contributed by atoms with E-state index in [2.05, 4.69) is 22.9 Å². The molecule has 0 bridgehead atoms. The number of hydrogen-bond acceptors (Lipinski definition) is 1. The van der Waals surface area contributed by atoms with Crippen LogP contribution in [0.15, 0.2) is 0 Å². The van der Waals surface area contributed by atoms with Crippen LogP contribution < -0.4 is 0 Å². The molecule has 1 unspecified atom stereocenters. The molecule has 3 heteroatoms. The van der Waals surface area contributed by atoms with Crippen LogP contribution in [0.1, 0.15) is 39.0 Å². The Morgan fingerprint density at radius 2 is 2.21 bits per heavy atom. The van der Waals surface area contributed by atoms with Crippen LogP contribution in [0.2, 0.25) is 0 Å². The van der Waals surface area contributed by atoms with Crippen molar-refractivity contribution >= 4 is 21.8 Å². The second-order valence-corrected chi connectivity index (χ2v) is 4.77. The van der Waals surface area contributed by atoms with Gasteiger partial charge in [0, 0.05) is 24.8 Å². The first-order valence-electron chi connectivity index (χ1n) is 5.61. The van der Waals surface area contributed by atoms with Crippen LogP contribution in [-0.4, -0.2) is 29.2 Å². The monoisotopic (exact) mass is 261 g/mol. The first-order chi connectivity index (χ1) is 6.77. The van der Waals surface area contributed by atoms with E-state index in [0.29, 0.717) is 11.8 Å². The van der Waals surface area contributed by atoms with Crippen molar-refractivity contribution in [1.29, 1.82) is 0 Å². The quantitative estimate of drug-likeness (QED) is 0.532. The van der Waals surface area contributed by atoms with Gasteiger partial charge in [-0.3, -0.25) is 4.79 Å². The van der Waals surface area contributed by atoms with Gasteiger partial charge >= 0.3 is 0 Å². The van der Waals surface area contributed by atoms with Crippen molar-refractivity contribution in [2.45, 2.75) is 39.0 Å². The SMILES string of the molecule is CCCCCCN1CC(CBr)CC1=O. The minimum Gasteiger partial charge on any atom is -0.342 e. The lowest BCUT2D eigenvalue weighted by Gasteiger charge is -2.15. The largest absolute Gasteiger partial charge is 0.342 e. The maximum atomic E-state index is 11.5. The van der Waals surface area contributed by atoms with E-state index >= 15 is 0 Å². The van der Waals surface area contributed by atoms with Gasteiger partial charge in [0.15, 0.2) is 0 Å². The van der Waals surface area contributed by atoms with Crippen LogP contribution in [0.5, 0.6) is 0 Å². The fourth-order valence-electron chi connectivity index (χ4n) is 1.90. The fourth-order valence-corrected chi connectivity index (χ4v) is 2.34. The predicted molar refractivity (Wildman–Crippen MR) is 62.6 cm³/mol. The fraction of sp³-hybridized carbons (Fsp3) is 0.909. The van der Waals surface area contributed by atoms with Gasteiger partial charge < -0.3 is 4.90 Å². The molecule has 0 saturated carbocycles. The zero-order valence-electron chi connectivity index (χ0n) is 8.97. The van der Waals surface area contributed by atoms with Crippen LogP contribution in [0.25, 0.3) is 0 Å². The summed E-state index contributed by atoms with van der Waals surface area (Å²) in [5.41, 5.74) is 0. The maximum absolute atomic E-state index is 11.5. The molecule has 1 rings (SSSR count). The summed E-state index contributed by atoms with van der Waals surface area (Å²) in [6.45, 7) is 4.15. The molecule has 1 fully saturated rings. The van der Waals surface area contributed by atoms with Crippen molar-refractivity contribution < 1.29 is 4.79 Å². The third-order valence-electron chi connectivity index (χ3n) is 2.79. The summed E-state index contributed by atoms with van der Waals surface area (Å²) in [6, 6.07) is 0. The van der Waals surface area contributed by atoms with Gasteiger partial charge in [0.25, 0.3) is 0 Å². The molecule has 0 aliphatic carbocycles. The van der Waals surface area contributed by atoms with Crippen LogP contribution in [0.4, 0.5) is 0 Å². The molecule has 14 heavy (non-hydrogen) atoms. The van der Waals surface area contributed by atoms with Crippen molar-refractivity contribution in [2.24, 2.45) is 5.92 Å². The van der Waals surface area contributed by atoms with Crippen molar-refractivity contribution in [3.63, 3.8) is 0 Å². The van der Waals surface area contributed by atoms with Gasteiger partial charge in [0.1, 0.15) is 0 Å². The molecule has 0 aromatic carbocycles. The summed E-state index contributed by atoms with van der Waals surface area (Å²) in [5.74, 6) is 0.902. The van der Waals surface area contributed by atoms with Gasteiger partial charge in [-0.25, -0.2) is 0 Å². The zero-order chi connectivity index (χ0) is 10.4. The number of alkyl halides is 1. The number of rotatable bonds is 6. The highest BCUT2D eigenvalue weighted by molar-refractivity contribution is 9.09. The van der Waals surface area contributed by atoms with Crippen molar-refractivity contribution in [3.05, 3.63) is 0 Å². The summed E-state index contributed by atoms with van der Waals surface area (Å²) in [5, 5.41) is 0.962. The van der Waals surface area contributed by atoms with E-state index in [9.17, 15) is 4.79 Å².